The number of hydrogen-bond acceptors (Lipinski definition) is 4. The van der Waals surface area contributed by atoms with Crippen LogP contribution in [0.4, 0.5) is 5.69 Å². The lowest BCUT2D eigenvalue weighted by Crippen LogP contribution is -2.28. The van der Waals surface area contributed by atoms with Gasteiger partial charge in [-0.15, -0.1) is 0 Å². The fourth-order valence-electron chi connectivity index (χ4n) is 1.50. The third kappa shape index (κ3) is 3.53. The molecule has 1 aromatic carbocycles. The Kier molecular flexibility index (Phi) is 4.17. The molecule has 0 aliphatic rings. The number of hydrogen-bond donors (Lipinski definition) is 1. The normalized spacial score (nSPS) is 12.4. The molecule has 6 nitrogen and oxygen atoms in total. The van der Waals surface area contributed by atoms with Crippen LogP contribution in [0.25, 0.3) is 0 Å². The van der Waals surface area contributed by atoms with E-state index in [0.717, 1.165) is 5.56 Å². The van der Waals surface area contributed by atoms with E-state index in [-0.39, 0.29) is 18.3 Å². The van der Waals surface area contributed by atoms with Gasteiger partial charge in [-0.25, -0.2) is 0 Å². The molecule has 1 unspecified atom stereocenters. The van der Waals surface area contributed by atoms with Crippen molar-refractivity contribution in [2.45, 2.75) is 13.0 Å². The summed E-state index contributed by atoms with van der Waals surface area (Å²) < 4.78 is 0. The summed E-state index contributed by atoms with van der Waals surface area (Å²) >= 11 is 0. The molecule has 1 aromatic rings. The van der Waals surface area contributed by atoms with E-state index >= 15 is 0 Å². The van der Waals surface area contributed by atoms with Crippen LogP contribution >= 0.6 is 0 Å². The van der Waals surface area contributed by atoms with Gasteiger partial charge in [0.1, 0.15) is 0 Å². The molecule has 0 fully saturated rings. The fraction of sp³-hybridized carbons (Fsp3) is 0.364. The van der Waals surface area contributed by atoms with E-state index in [4.69, 9.17) is 5.11 Å². The molecule has 0 aliphatic heterocycles. The first-order chi connectivity index (χ1) is 7.91. The van der Waals surface area contributed by atoms with Crippen molar-refractivity contribution in [1.29, 1.82) is 0 Å². The molecule has 1 N–H and O–H groups in total. The van der Waals surface area contributed by atoms with E-state index in [9.17, 15) is 14.9 Å². The highest BCUT2D eigenvalue weighted by Gasteiger charge is 2.16. The van der Waals surface area contributed by atoms with Crippen molar-refractivity contribution in [3.8, 4) is 0 Å². The van der Waals surface area contributed by atoms with Gasteiger partial charge in [-0.3, -0.25) is 19.8 Å². The van der Waals surface area contributed by atoms with Gasteiger partial charge in [0.15, 0.2) is 0 Å². The van der Waals surface area contributed by atoms with Gasteiger partial charge in [0.2, 0.25) is 0 Å². The highest BCUT2D eigenvalue weighted by atomic mass is 16.6. The second-order valence-electron chi connectivity index (χ2n) is 3.84. The topological polar surface area (TPSA) is 83.7 Å². The molecule has 6 heteroatoms. The molecule has 17 heavy (non-hydrogen) atoms. The Bertz CT molecular complexity index is 433. The van der Waals surface area contributed by atoms with Crippen LogP contribution in [0.1, 0.15) is 18.5 Å². The lowest BCUT2D eigenvalue weighted by atomic mass is 10.1. The number of nitro benzene ring substituents is 1. The monoisotopic (exact) mass is 238 g/mol. The summed E-state index contributed by atoms with van der Waals surface area (Å²) in [6.45, 7) is 1.70. The third-order valence-corrected chi connectivity index (χ3v) is 2.61. The van der Waals surface area contributed by atoms with Crippen LogP contribution < -0.4 is 0 Å². The summed E-state index contributed by atoms with van der Waals surface area (Å²) in [4.78, 5) is 22.3. The highest BCUT2D eigenvalue weighted by Crippen LogP contribution is 2.22. The number of carbonyl (C=O) groups is 1. The largest absolute Gasteiger partial charge is 0.480 e. The predicted molar refractivity (Wildman–Crippen MR) is 61.8 cm³/mol. The third-order valence-electron chi connectivity index (χ3n) is 2.61. The maximum absolute atomic E-state index is 10.6. The summed E-state index contributed by atoms with van der Waals surface area (Å²) in [6.07, 6.45) is 0. The Morgan fingerprint density at radius 2 is 2.24 bits per heavy atom. The number of carboxylic acids is 1. The standard InChI is InChI=1S/C11H14N2O4/c1-8(12(2)7-11(14)15)9-4-3-5-10(6-9)13(16)17/h3-6,8H,7H2,1-2H3,(H,14,15). The van der Waals surface area contributed by atoms with Gasteiger partial charge in [-0.1, -0.05) is 12.1 Å². The predicted octanol–water partition coefficient (Wildman–Crippen LogP) is 1.67. The van der Waals surface area contributed by atoms with Gasteiger partial charge >= 0.3 is 5.97 Å². The summed E-state index contributed by atoms with van der Waals surface area (Å²) in [7, 11) is 1.66. The van der Waals surface area contributed by atoms with E-state index in [1.54, 1.807) is 24.1 Å². The molecule has 0 aliphatic carbocycles. The van der Waals surface area contributed by atoms with Crippen LogP contribution in [0.3, 0.4) is 0 Å². The SMILES string of the molecule is CC(c1cccc([N+](=O)[O-])c1)N(C)CC(=O)O. The van der Waals surface area contributed by atoms with Crippen molar-refractivity contribution in [2.75, 3.05) is 13.6 Å². The number of likely N-dealkylation sites (N-methyl/N-ethyl adjacent to an activating group) is 1. The molecule has 92 valence electrons. The molecule has 0 saturated carbocycles. The Labute approximate surface area is 98.6 Å². The van der Waals surface area contributed by atoms with Crippen molar-refractivity contribution in [2.24, 2.45) is 0 Å². The molecule has 0 heterocycles. The Morgan fingerprint density at radius 1 is 1.59 bits per heavy atom. The first-order valence-corrected chi connectivity index (χ1v) is 5.08. The number of benzene rings is 1. The minimum atomic E-state index is -0.926. The van der Waals surface area contributed by atoms with Gasteiger partial charge in [0.25, 0.3) is 5.69 Å². The molecular formula is C11H14N2O4. The molecule has 0 saturated heterocycles. The van der Waals surface area contributed by atoms with Crippen LogP contribution in [-0.4, -0.2) is 34.5 Å². The van der Waals surface area contributed by atoms with Crippen LogP contribution in [-0.2, 0) is 4.79 Å². The summed E-state index contributed by atoms with van der Waals surface area (Å²) in [6, 6.07) is 6.02. The van der Waals surface area contributed by atoms with Crippen molar-refractivity contribution in [1.82, 2.24) is 4.90 Å². The minimum absolute atomic E-state index is 0.0121. The second-order valence-corrected chi connectivity index (χ2v) is 3.84. The van der Waals surface area contributed by atoms with E-state index in [2.05, 4.69) is 0 Å². The van der Waals surface area contributed by atoms with Crippen LogP contribution in [0.2, 0.25) is 0 Å². The van der Waals surface area contributed by atoms with Crippen molar-refractivity contribution in [3.05, 3.63) is 39.9 Å². The van der Waals surface area contributed by atoms with E-state index in [1.807, 2.05) is 6.92 Å². The zero-order valence-electron chi connectivity index (χ0n) is 9.66. The fourth-order valence-corrected chi connectivity index (χ4v) is 1.50. The number of carboxylic acid groups (broad SMARTS) is 1. The van der Waals surface area contributed by atoms with Crippen LogP contribution in [0, 0.1) is 10.1 Å². The molecule has 0 bridgehead atoms. The molecule has 0 amide bonds. The number of aliphatic carboxylic acids is 1. The maximum atomic E-state index is 10.6. The maximum Gasteiger partial charge on any atom is 0.317 e. The average molecular weight is 238 g/mol. The molecule has 0 spiro atoms. The first kappa shape index (κ1) is 13.1. The lowest BCUT2D eigenvalue weighted by molar-refractivity contribution is -0.384. The zero-order valence-corrected chi connectivity index (χ0v) is 9.66. The zero-order chi connectivity index (χ0) is 13.0. The highest BCUT2D eigenvalue weighted by molar-refractivity contribution is 5.69. The van der Waals surface area contributed by atoms with E-state index in [0.29, 0.717) is 0 Å². The van der Waals surface area contributed by atoms with Gasteiger partial charge in [-0.05, 0) is 19.5 Å². The second kappa shape index (κ2) is 5.40. The molecule has 1 rings (SSSR count). The number of rotatable bonds is 5. The van der Waals surface area contributed by atoms with Gasteiger partial charge in [0, 0.05) is 18.2 Å². The summed E-state index contributed by atoms with van der Waals surface area (Å²) in [5, 5.41) is 19.3. The van der Waals surface area contributed by atoms with Gasteiger partial charge in [0.05, 0.1) is 11.5 Å². The lowest BCUT2D eigenvalue weighted by Gasteiger charge is -2.22. The Hall–Kier alpha value is -1.95. The minimum Gasteiger partial charge on any atom is -0.480 e. The molecule has 0 aromatic heterocycles. The number of nitro groups is 1. The number of nitrogens with zero attached hydrogens (tertiary/aromatic N) is 2. The smallest absolute Gasteiger partial charge is 0.317 e. The molecule has 0 radical (unpaired) electrons. The quantitative estimate of drug-likeness (QED) is 0.623. The van der Waals surface area contributed by atoms with E-state index in [1.165, 1.54) is 12.1 Å². The van der Waals surface area contributed by atoms with Gasteiger partial charge < -0.3 is 5.11 Å². The van der Waals surface area contributed by atoms with Crippen LogP contribution in [0.5, 0.6) is 0 Å². The number of non-ortho nitro benzene ring substituents is 1. The first-order valence-electron chi connectivity index (χ1n) is 5.08. The van der Waals surface area contributed by atoms with Crippen molar-refractivity contribution >= 4 is 11.7 Å². The Balaban J connectivity index is 2.88. The van der Waals surface area contributed by atoms with Gasteiger partial charge in [-0.2, -0.15) is 0 Å². The van der Waals surface area contributed by atoms with Crippen molar-refractivity contribution < 1.29 is 14.8 Å². The summed E-state index contributed by atoms with van der Waals surface area (Å²) in [5.41, 5.74) is 0.737. The average Bonchev–Trinajstić information content (AvgIpc) is 2.27. The molecule has 1 atom stereocenters. The summed E-state index contributed by atoms with van der Waals surface area (Å²) in [5.74, 6) is -0.926. The molecular weight excluding hydrogens is 224 g/mol. The van der Waals surface area contributed by atoms with E-state index < -0.39 is 10.9 Å². The van der Waals surface area contributed by atoms with Crippen LogP contribution in [0.15, 0.2) is 24.3 Å². The Morgan fingerprint density at radius 3 is 2.76 bits per heavy atom. The van der Waals surface area contributed by atoms with Crippen molar-refractivity contribution in [3.63, 3.8) is 0 Å².